The van der Waals surface area contributed by atoms with E-state index in [4.69, 9.17) is 4.74 Å². The van der Waals surface area contributed by atoms with Gasteiger partial charge in [0, 0.05) is 13.1 Å². The third-order valence-electron chi connectivity index (χ3n) is 5.62. The van der Waals surface area contributed by atoms with Crippen LogP contribution in [0.2, 0.25) is 0 Å². The number of carbonyl (C=O) groups is 2. The number of likely N-dealkylation sites (N-methyl/N-ethyl adjacent to an activating group) is 1. The van der Waals surface area contributed by atoms with Gasteiger partial charge in [-0.25, -0.2) is 0 Å². The van der Waals surface area contributed by atoms with Gasteiger partial charge in [0.1, 0.15) is 5.70 Å². The van der Waals surface area contributed by atoms with Crippen molar-refractivity contribution >= 4 is 17.4 Å². The SMILES string of the molecule is CCN(Cc1ccccc1)C1=C(c2ccc(C)c(C)c2)C(=O)N(CCOC(C)C)C1=O. The van der Waals surface area contributed by atoms with Gasteiger partial charge in [-0.05, 0) is 56.9 Å². The second-order valence-corrected chi connectivity index (χ2v) is 8.20. The molecule has 0 atom stereocenters. The van der Waals surface area contributed by atoms with Crippen molar-refractivity contribution in [2.24, 2.45) is 0 Å². The van der Waals surface area contributed by atoms with Crippen molar-refractivity contribution in [3.05, 3.63) is 76.5 Å². The summed E-state index contributed by atoms with van der Waals surface area (Å²) in [6, 6.07) is 16.0. The maximum Gasteiger partial charge on any atom is 0.277 e. The zero-order valence-corrected chi connectivity index (χ0v) is 19.1. The minimum Gasteiger partial charge on any atom is -0.377 e. The number of ether oxygens (including phenoxy) is 1. The lowest BCUT2D eigenvalue weighted by Gasteiger charge is -2.25. The number of aryl methyl sites for hydroxylation is 2. The second-order valence-electron chi connectivity index (χ2n) is 8.20. The quantitative estimate of drug-likeness (QED) is 0.567. The van der Waals surface area contributed by atoms with Gasteiger partial charge < -0.3 is 9.64 Å². The lowest BCUT2D eigenvalue weighted by Crippen LogP contribution is -2.37. The first kappa shape index (κ1) is 22.8. The van der Waals surface area contributed by atoms with Gasteiger partial charge in [0.25, 0.3) is 11.8 Å². The molecule has 0 fully saturated rings. The first-order valence-corrected chi connectivity index (χ1v) is 10.9. The van der Waals surface area contributed by atoms with Crippen LogP contribution < -0.4 is 0 Å². The van der Waals surface area contributed by atoms with E-state index in [9.17, 15) is 9.59 Å². The lowest BCUT2D eigenvalue weighted by molar-refractivity contribution is -0.138. The Labute approximate surface area is 185 Å². The molecule has 2 aromatic rings. The first-order valence-electron chi connectivity index (χ1n) is 10.9. The summed E-state index contributed by atoms with van der Waals surface area (Å²) < 4.78 is 5.62. The van der Waals surface area contributed by atoms with E-state index in [1.165, 1.54) is 4.90 Å². The molecular weight excluding hydrogens is 388 g/mol. The van der Waals surface area contributed by atoms with Crippen molar-refractivity contribution in [1.29, 1.82) is 0 Å². The Bertz CT molecular complexity index is 979. The Hall–Kier alpha value is -2.92. The Morgan fingerprint density at radius 1 is 0.968 bits per heavy atom. The number of benzene rings is 2. The zero-order chi connectivity index (χ0) is 22.5. The summed E-state index contributed by atoms with van der Waals surface area (Å²) in [6.07, 6.45) is 0.0460. The predicted molar refractivity (Wildman–Crippen MR) is 123 cm³/mol. The molecule has 0 saturated carbocycles. The highest BCUT2D eigenvalue weighted by molar-refractivity contribution is 6.35. The minimum absolute atomic E-state index is 0.0460. The predicted octanol–water partition coefficient (Wildman–Crippen LogP) is 4.33. The smallest absolute Gasteiger partial charge is 0.277 e. The molecule has 2 aromatic carbocycles. The van der Waals surface area contributed by atoms with Crippen LogP contribution in [0.5, 0.6) is 0 Å². The number of amides is 2. The number of hydrogen-bond acceptors (Lipinski definition) is 4. The summed E-state index contributed by atoms with van der Waals surface area (Å²) in [6.45, 7) is 11.7. The van der Waals surface area contributed by atoms with Gasteiger partial charge in [-0.2, -0.15) is 0 Å². The minimum atomic E-state index is -0.248. The molecule has 1 aliphatic heterocycles. The van der Waals surface area contributed by atoms with Gasteiger partial charge in [-0.15, -0.1) is 0 Å². The number of carbonyl (C=O) groups excluding carboxylic acids is 2. The topological polar surface area (TPSA) is 49.9 Å². The van der Waals surface area contributed by atoms with Crippen LogP contribution in [0.1, 0.15) is 43.0 Å². The van der Waals surface area contributed by atoms with Crippen LogP contribution in [0, 0.1) is 13.8 Å². The van der Waals surface area contributed by atoms with E-state index < -0.39 is 0 Å². The fourth-order valence-corrected chi connectivity index (χ4v) is 3.75. The molecule has 0 bridgehead atoms. The van der Waals surface area contributed by atoms with E-state index in [0.717, 1.165) is 22.3 Å². The molecular formula is C26H32N2O3. The van der Waals surface area contributed by atoms with Crippen molar-refractivity contribution < 1.29 is 14.3 Å². The van der Waals surface area contributed by atoms with Crippen molar-refractivity contribution in [3.63, 3.8) is 0 Å². The molecule has 0 radical (unpaired) electrons. The molecule has 2 amide bonds. The van der Waals surface area contributed by atoms with Crippen molar-refractivity contribution in [2.75, 3.05) is 19.7 Å². The fourth-order valence-electron chi connectivity index (χ4n) is 3.75. The maximum atomic E-state index is 13.5. The summed E-state index contributed by atoms with van der Waals surface area (Å²) in [5.74, 6) is -0.495. The Morgan fingerprint density at radius 2 is 1.68 bits per heavy atom. The fraction of sp³-hybridized carbons (Fsp3) is 0.385. The molecule has 0 aromatic heterocycles. The maximum absolute atomic E-state index is 13.5. The molecule has 5 nitrogen and oxygen atoms in total. The van der Waals surface area contributed by atoms with Crippen molar-refractivity contribution in [2.45, 2.75) is 47.3 Å². The Balaban J connectivity index is 2.02. The normalized spacial score (nSPS) is 14.2. The molecule has 1 heterocycles. The van der Waals surface area contributed by atoms with Crippen molar-refractivity contribution in [3.8, 4) is 0 Å². The largest absolute Gasteiger partial charge is 0.377 e. The van der Waals surface area contributed by atoms with Gasteiger partial charge in [0.2, 0.25) is 0 Å². The average molecular weight is 421 g/mol. The average Bonchev–Trinajstić information content (AvgIpc) is 2.99. The summed E-state index contributed by atoms with van der Waals surface area (Å²) in [4.78, 5) is 30.2. The summed E-state index contributed by atoms with van der Waals surface area (Å²) in [7, 11) is 0. The molecule has 5 heteroatoms. The van der Waals surface area contributed by atoms with E-state index >= 15 is 0 Å². The summed E-state index contributed by atoms with van der Waals surface area (Å²) in [5, 5.41) is 0. The molecule has 0 unspecified atom stereocenters. The van der Waals surface area contributed by atoms with Gasteiger partial charge in [-0.1, -0.05) is 48.5 Å². The van der Waals surface area contributed by atoms with Crippen molar-refractivity contribution in [1.82, 2.24) is 9.80 Å². The number of nitrogens with zero attached hydrogens (tertiary/aromatic N) is 2. The van der Waals surface area contributed by atoms with E-state index in [1.807, 2.05) is 88.0 Å². The van der Waals surface area contributed by atoms with Crippen LogP contribution in [-0.2, 0) is 20.9 Å². The highest BCUT2D eigenvalue weighted by Gasteiger charge is 2.41. The first-order chi connectivity index (χ1) is 14.8. The van der Waals surface area contributed by atoms with Crippen LogP contribution >= 0.6 is 0 Å². The monoisotopic (exact) mass is 420 g/mol. The second kappa shape index (κ2) is 9.92. The van der Waals surface area contributed by atoms with Crippen LogP contribution in [0.15, 0.2) is 54.2 Å². The molecule has 0 spiro atoms. The van der Waals surface area contributed by atoms with E-state index in [-0.39, 0.29) is 24.5 Å². The summed E-state index contributed by atoms with van der Waals surface area (Å²) in [5.41, 5.74) is 5.09. The highest BCUT2D eigenvalue weighted by atomic mass is 16.5. The third-order valence-corrected chi connectivity index (χ3v) is 5.62. The highest BCUT2D eigenvalue weighted by Crippen LogP contribution is 2.33. The Kier molecular flexibility index (Phi) is 7.29. The molecule has 164 valence electrons. The number of imide groups is 1. The van der Waals surface area contributed by atoms with E-state index in [0.29, 0.717) is 31.0 Å². The van der Waals surface area contributed by atoms with Crippen LogP contribution in [0.4, 0.5) is 0 Å². The number of rotatable bonds is 9. The third kappa shape index (κ3) is 5.05. The summed E-state index contributed by atoms with van der Waals surface area (Å²) >= 11 is 0. The zero-order valence-electron chi connectivity index (χ0n) is 19.1. The molecule has 0 N–H and O–H groups in total. The van der Waals surface area contributed by atoms with E-state index in [1.54, 1.807) is 0 Å². The number of hydrogen-bond donors (Lipinski definition) is 0. The van der Waals surface area contributed by atoms with Gasteiger partial charge in [0.05, 0.1) is 24.8 Å². The van der Waals surface area contributed by atoms with Gasteiger partial charge in [-0.3, -0.25) is 14.5 Å². The molecule has 0 aliphatic carbocycles. The van der Waals surface area contributed by atoms with Gasteiger partial charge in [0.15, 0.2) is 0 Å². The Morgan fingerprint density at radius 3 is 2.29 bits per heavy atom. The molecule has 3 rings (SSSR count). The lowest BCUT2D eigenvalue weighted by atomic mass is 9.99. The molecule has 0 saturated heterocycles. The van der Waals surface area contributed by atoms with Gasteiger partial charge >= 0.3 is 0 Å². The molecule has 1 aliphatic rings. The van der Waals surface area contributed by atoms with Crippen LogP contribution in [-0.4, -0.2) is 47.4 Å². The van der Waals surface area contributed by atoms with E-state index in [2.05, 4.69) is 0 Å². The van der Waals surface area contributed by atoms with Crippen LogP contribution in [0.3, 0.4) is 0 Å². The van der Waals surface area contributed by atoms with Crippen LogP contribution in [0.25, 0.3) is 5.57 Å². The molecule has 31 heavy (non-hydrogen) atoms. The standard InChI is InChI=1S/C26H32N2O3/c1-6-27(17-21-10-8-7-9-11-21)24-23(22-13-12-19(4)20(5)16-22)25(29)28(26(24)30)14-15-31-18(2)3/h7-13,16,18H,6,14-15,17H2,1-5H3.